The van der Waals surface area contributed by atoms with E-state index in [-0.39, 0.29) is 11.8 Å². The van der Waals surface area contributed by atoms with Crippen LogP contribution in [-0.4, -0.2) is 53.0 Å². The first kappa shape index (κ1) is 24.5. The van der Waals surface area contributed by atoms with Gasteiger partial charge in [0.05, 0.1) is 21.1 Å². The average Bonchev–Trinajstić information content (AvgIpc) is 3.24. The highest BCUT2D eigenvalue weighted by Crippen LogP contribution is 2.32. The van der Waals surface area contributed by atoms with Crippen LogP contribution in [0.5, 0.6) is 0 Å². The third-order valence-corrected chi connectivity index (χ3v) is 7.40. The van der Waals surface area contributed by atoms with Gasteiger partial charge in [-0.15, -0.1) is 0 Å². The summed E-state index contributed by atoms with van der Waals surface area (Å²) in [6, 6.07) is 14.7. The number of aliphatic imine (C=N–C) groups is 1. The Morgan fingerprint density at radius 2 is 2.03 bits per heavy atom. The number of amidine groups is 1. The Balaban J connectivity index is 1.26. The summed E-state index contributed by atoms with van der Waals surface area (Å²) in [7, 11) is 0. The van der Waals surface area contributed by atoms with E-state index in [1.54, 1.807) is 24.4 Å². The molecule has 2 aromatic carbocycles. The number of aromatic nitrogens is 1. The average molecular weight is 520 g/mol. The number of nitrogens with one attached hydrogen (secondary N) is 2. The summed E-state index contributed by atoms with van der Waals surface area (Å²) in [4.78, 5) is 37.0. The summed E-state index contributed by atoms with van der Waals surface area (Å²) < 4.78 is 0. The van der Waals surface area contributed by atoms with Crippen LogP contribution in [0.3, 0.4) is 0 Å². The number of rotatable bonds is 6. The molecule has 0 aliphatic carbocycles. The lowest BCUT2D eigenvalue weighted by Crippen LogP contribution is -2.37. The summed E-state index contributed by atoms with van der Waals surface area (Å²) in [6.45, 7) is 3.63. The molecule has 5 rings (SSSR count). The van der Waals surface area contributed by atoms with E-state index in [9.17, 15) is 9.59 Å². The summed E-state index contributed by atoms with van der Waals surface area (Å²) >= 11 is 7.59. The van der Waals surface area contributed by atoms with Crippen LogP contribution in [0.15, 0.2) is 64.6 Å². The van der Waals surface area contributed by atoms with Gasteiger partial charge in [-0.25, -0.2) is 4.99 Å². The van der Waals surface area contributed by atoms with E-state index in [1.807, 2.05) is 36.4 Å². The van der Waals surface area contributed by atoms with Crippen molar-refractivity contribution in [1.82, 2.24) is 20.5 Å². The Kier molecular flexibility index (Phi) is 7.65. The lowest BCUT2D eigenvalue weighted by molar-refractivity contribution is -0.115. The zero-order valence-electron chi connectivity index (χ0n) is 19.7. The molecule has 2 aliphatic rings. The molecule has 3 heterocycles. The van der Waals surface area contributed by atoms with Gasteiger partial charge in [-0.05, 0) is 85.7 Å². The molecule has 2 saturated heterocycles. The highest BCUT2D eigenvalue weighted by atomic mass is 35.5. The molecule has 36 heavy (non-hydrogen) atoms. The van der Waals surface area contributed by atoms with E-state index in [2.05, 4.69) is 25.5 Å². The third kappa shape index (κ3) is 5.95. The van der Waals surface area contributed by atoms with Gasteiger partial charge in [-0.1, -0.05) is 30.2 Å². The van der Waals surface area contributed by atoms with Crippen molar-refractivity contribution >= 4 is 63.0 Å². The number of nitrogens with zero attached hydrogens (tertiary/aromatic N) is 3. The molecule has 184 valence electrons. The fraction of sp³-hybridized carbons (Fsp3) is 0.259. The van der Waals surface area contributed by atoms with Gasteiger partial charge in [0.1, 0.15) is 0 Å². The molecule has 0 atom stereocenters. The molecular weight excluding hydrogens is 494 g/mol. The number of hydrogen-bond acceptors (Lipinski definition) is 6. The van der Waals surface area contributed by atoms with E-state index >= 15 is 0 Å². The Bertz CT molecular complexity index is 1370. The van der Waals surface area contributed by atoms with Crippen LogP contribution in [0, 0.1) is 0 Å². The maximum absolute atomic E-state index is 12.7. The van der Waals surface area contributed by atoms with E-state index in [0.29, 0.717) is 32.9 Å². The number of benzene rings is 2. The zero-order valence-corrected chi connectivity index (χ0v) is 21.2. The SMILES string of the molecule is O=C1NC(=Nc2cc(C(=O)NCCN3CCCCC3)ccc2Cl)S/C1=C\c1ccc2ncccc2c1. The van der Waals surface area contributed by atoms with Crippen LogP contribution >= 0.6 is 23.4 Å². The molecule has 0 bridgehead atoms. The number of carbonyl (C=O) groups excluding carboxylic acids is 2. The molecule has 2 fully saturated rings. The topological polar surface area (TPSA) is 86.7 Å². The second-order valence-corrected chi connectivity index (χ2v) is 10.2. The van der Waals surface area contributed by atoms with Crippen LogP contribution in [-0.2, 0) is 4.79 Å². The molecule has 0 unspecified atom stereocenters. The molecule has 9 heteroatoms. The zero-order chi connectivity index (χ0) is 24.9. The van der Waals surface area contributed by atoms with Crippen LogP contribution in [0.1, 0.15) is 35.2 Å². The number of halogens is 1. The largest absolute Gasteiger partial charge is 0.351 e. The fourth-order valence-corrected chi connectivity index (χ4v) is 5.27. The van der Waals surface area contributed by atoms with Crippen molar-refractivity contribution in [2.24, 2.45) is 4.99 Å². The van der Waals surface area contributed by atoms with Gasteiger partial charge >= 0.3 is 0 Å². The van der Waals surface area contributed by atoms with Gasteiger partial charge < -0.3 is 15.5 Å². The molecular formula is C27H26ClN5O2S. The summed E-state index contributed by atoms with van der Waals surface area (Å²) in [5.74, 6) is -0.396. The van der Waals surface area contributed by atoms with Gasteiger partial charge in [-0.2, -0.15) is 0 Å². The predicted molar refractivity (Wildman–Crippen MR) is 147 cm³/mol. The summed E-state index contributed by atoms with van der Waals surface area (Å²) in [5, 5.41) is 7.59. The first-order valence-electron chi connectivity index (χ1n) is 12.0. The first-order chi connectivity index (χ1) is 17.5. The number of likely N-dealkylation sites (tertiary alicyclic amines) is 1. The molecule has 0 spiro atoms. The molecule has 2 N–H and O–H groups in total. The van der Waals surface area contributed by atoms with Gasteiger partial charge in [0.25, 0.3) is 11.8 Å². The molecule has 7 nitrogen and oxygen atoms in total. The standard InChI is InChI=1S/C27H26ClN5O2S/c28-21-8-7-20(25(34)30-11-14-33-12-2-1-3-13-33)17-23(21)31-27-32-26(35)24(36-27)16-18-6-9-22-19(15-18)5-4-10-29-22/h4-10,15-17H,1-3,11-14H2,(H,30,34)(H,31,32,35)/b24-16-. The van der Waals surface area contributed by atoms with Gasteiger partial charge in [0.15, 0.2) is 5.17 Å². The fourth-order valence-electron chi connectivity index (χ4n) is 4.28. The number of pyridine rings is 1. The Morgan fingerprint density at radius 3 is 2.89 bits per heavy atom. The molecule has 0 saturated carbocycles. The smallest absolute Gasteiger partial charge is 0.264 e. The lowest BCUT2D eigenvalue weighted by atomic mass is 10.1. The third-order valence-electron chi connectivity index (χ3n) is 6.17. The minimum absolute atomic E-state index is 0.167. The quantitative estimate of drug-likeness (QED) is 0.448. The maximum Gasteiger partial charge on any atom is 0.264 e. The van der Waals surface area contributed by atoms with Gasteiger partial charge in [0, 0.05) is 30.2 Å². The van der Waals surface area contributed by atoms with Crippen LogP contribution in [0.4, 0.5) is 5.69 Å². The number of thioether (sulfide) groups is 1. The van der Waals surface area contributed by atoms with Crippen LogP contribution < -0.4 is 10.6 Å². The van der Waals surface area contributed by atoms with E-state index in [1.165, 1.54) is 31.0 Å². The molecule has 2 amide bonds. The lowest BCUT2D eigenvalue weighted by Gasteiger charge is -2.26. The Labute approximate surface area is 219 Å². The van der Waals surface area contributed by atoms with Crippen molar-refractivity contribution in [1.29, 1.82) is 0 Å². The van der Waals surface area contributed by atoms with Crippen molar-refractivity contribution in [3.8, 4) is 0 Å². The number of hydrogen-bond donors (Lipinski definition) is 2. The minimum atomic E-state index is -0.229. The second-order valence-electron chi connectivity index (χ2n) is 8.76. The van der Waals surface area contributed by atoms with Crippen LogP contribution in [0.25, 0.3) is 17.0 Å². The van der Waals surface area contributed by atoms with E-state index in [4.69, 9.17) is 11.6 Å². The van der Waals surface area contributed by atoms with Crippen molar-refractivity contribution in [2.45, 2.75) is 19.3 Å². The second kappa shape index (κ2) is 11.2. The Hall–Kier alpha value is -3.20. The molecule has 2 aliphatic heterocycles. The normalized spacial score (nSPS) is 18.6. The molecule has 1 aromatic heterocycles. The predicted octanol–water partition coefficient (Wildman–Crippen LogP) is 5.00. The maximum atomic E-state index is 12.7. The van der Waals surface area contributed by atoms with Gasteiger partial charge in [-0.3, -0.25) is 14.6 Å². The number of carbonyl (C=O) groups is 2. The summed E-state index contributed by atoms with van der Waals surface area (Å²) in [6.07, 6.45) is 7.31. The molecule has 3 aromatic rings. The molecule has 0 radical (unpaired) electrons. The summed E-state index contributed by atoms with van der Waals surface area (Å²) in [5.41, 5.74) is 2.71. The highest BCUT2D eigenvalue weighted by Gasteiger charge is 2.24. The van der Waals surface area contributed by atoms with Crippen LogP contribution in [0.2, 0.25) is 5.02 Å². The van der Waals surface area contributed by atoms with Gasteiger partial charge in [0.2, 0.25) is 0 Å². The number of amides is 2. The van der Waals surface area contributed by atoms with Crippen molar-refractivity contribution < 1.29 is 9.59 Å². The highest BCUT2D eigenvalue weighted by molar-refractivity contribution is 8.18. The number of piperidine rings is 1. The van der Waals surface area contributed by atoms with Crippen molar-refractivity contribution in [3.63, 3.8) is 0 Å². The monoisotopic (exact) mass is 519 g/mol. The first-order valence-corrected chi connectivity index (χ1v) is 13.2. The van der Waals surface area contributed by atoms with E-state index in [0.717, 1.165) is 36.1 Å². The van der Waals surface area contributed by atoms with Crippen molar-refractivity contribution in [2.75, 3.05) is 26.2 Å². The number of fused-ring (bicyclic) bond motifs is 1. The minimum Gasteiger partial charge on any atom is -0.351 e. The van der Waals surface area contributed by atoms with E-state index < -0.39 is 0 Å². The Morgan fingerprint density at radius 1 is 1.17 bits per heavy atom. The van der Waals surface area contributed by atoms with Crippen molar-refractivity contribution in [3.05, 3.63) is 75.8 Å².